The quantitative estimate of drug-likeness (QED) is 0.471. The molecule has 182 valence electrons. The molecule has 3 aromatic rings. The Balaban J connectivity index is 1.85. The number of anilines is 2. The number of sulfonamides is 1. The lowest BCUT2D eigenvalue weighted by atomic mass is 10.1. The second-order valence-corrected chi connectivity index (χ2v) is 10.4. The van der Waals surface area contributed by atoms with Crippen LogP contribution in [0.2, 0.25) is 0 Å². The minimum absolute atomic E-state index is 0.0107. The fourth-order valence-corrected chi connectivity index (χ4v) is 5.11. The zero-order valence-electron chi connectivity index (χ0n) is 20.5. The van der Waals surface area contributed by atoms with Gasteiger partial charge in [-0.3, -0.25) is 9.40 Å². The Kier molecular flexibility index (Phi) is 7.35. The Bertz CT molecular complexity index is 1330. The van der Waals surface area contributed by atoms with Crippen LogP contribution in [0.5, 0.6) is 0 Å². The first-order valence-electron chi connectivity index (χ1n) is 11.1. The van der Waals surface area contributed by atoms with Gasteiger partial charge in [0.25, 0.3) is 10.0 Å². The van der Waals surface area contributed by atoms with Gasteiger partial charge in [-0.1, -0.05) is 6.07 Å². The summed E-state index contributed by atoms with van der Waals surface area (Å²) in [5.74, 6) is -1.12. The largest absolute Gasteiger partial charge is 0.478 e. The van der Waals surface area contributed by atoms with Gasteiger partial charge in [-0.25, -0.2) is 13.2 Å². The van der Waals surface area contributed by atoms with E-state index in [0.29, 0.717) is 12.2 Å². The summed E-state index contributed by atoms with van der Waals surface area (Å²) in [5, 5.41) is 13.9. The first kappa shape index (κ1) is 25.3. The molecule has 2 N–H and O–H groups in total. The second-order valence-electron chi connectivity index (χ2n) is 8.69. The maximum absolute atomic E-state index is 13.1. The molecule has 0 saturated carbocycles. The molecular weight excluding hydrogens is 452 g/mol. The molecule has 0 bridgehead atoms. The van der Waals surface area contributed by atoms with E-state index in [4.69, 9.17) is 0 Å². The van der Waals surface area contributed by atoms with E-state index in [0.717, 1.165) is 35.4 Å². The van der Waals surface area contributed by atoms with Gasteiger partial charge in [0, 0.05) is 26.3 Å². The summed E-state index contributed by atoms with van der Waals surface area (Å²) in [6.45, 7) is 8.46. The first-order valence-corrected chi connectivity index (χ1v) is 12.6. The predicted octanol–water partition coefficient (Wildman–Crippen LogP) is 4.22. The van der Waals surface area contributed by atoms with E-state index in [2.05, 4.69) is 9.82 Å². The molecule has 0 fully saturated rings. The maximum Gasteiger partial charge on any atom is 0.335 e. The van der Waals surface area contributed by atoms with E-state index < -0.39 is 16.0 Å². The number of aryl methyl sites for hydroxylation is 4. The topological polar surface area (TPSA) is 105 Å². The number of aromatic nitrogens is 2. The SMILES string of the molecule is Cc1ccc(S(=O)(=O)Nc2cc(C(=O)O)ccc2N(C)CCCc2c(C)nn(C)c2C)cc1C. The lowest BCUT2D eigenvalue weighted by molar-refractivity contribution is 0.0697. The molecule has 0 atom stereocenters. The zero-order chi connectivity index (χ0) is 25.2. The summed E-state index contributed by atoms with van der Waals surface area (Å²) in [4.78, 5) is 13.6. The highest BCUT2D eigenvalue weighted by Gasteiger charge is 2.20. The van der Waals surface area contributed by atoms with Crippen LogP contribution in [0.1, 0.15) is 44.9 Å². The fourth-order valence-electron chi connectivity index (χ4n) is 3.96. The number of rotatable bonds is 9. The van der Waals surface area contributed by atoms with Crippen molar-refractivity contribution in [1.82, 2.24) is 9.78 Å². The monoisotopic (exact) mass is 484 g/mol. The average Bonchev–Trinajstić information content (AvgIpc) is 3.00. The Labute approximate surface area is 201 Å². The third-order valence-corrected chi connectivity index (χ3v) is 7.63. The van der Waals surface area contributed by atoms with Gasteiger partial charge in [-0.05, 0) is 87.6 Å². The molecule has 0 amide bonds. The molecule has 0 aliphatic heterocycles. The number of aromatic carboxylic acids is 1. The van der Waals surface area contributed by atoms with Crippen molar-refractivity contribution >= 4 is 27.4 Å². The molecule has 9 heteroatoms. The van der Waals surface area contributed by atoms with E-state index in [1.807, 2.05) is 51.4 Å². The van der Waals surface area contributed by atoms with E-state index in [1.54, 1.807) is 24.3 Å². The van der Waals surface area contributed by atoms with Gasteiger partial charge < -0.3 is 10.0 Å². The summed E-state index contributed by atoms with van der Waals surface area (Å²) in [5.41, 5.74) is 6.06. The predicted molar refractivity (Wildman–Crippen MR) is 134 cm³/mol. The van der Waals surface area contributed by atoms with Gasteiger partial charge >= 0.3 is 5.97 Å². The van der Waals surface area contributed by atoms with E-state index in [-0.39, 0.29) is 16.1 Å². The number of hydrogen-bond acceptors (Lipinski definition) is 5. The molecular formula is C25H32N4O4S. The molecule has 0 aliphatic carbocycles. The van der Waals surface area contributed by atoms with Crippen molar-refractivity contribution in [2.45, 2.75) is 45.4 Å². The molecule has 8 nitrogen and oxygen atoms in total. The molecule has 3 rings (SSSR count). The highest BCUT2D eigenvalue weighted by molar-refractivity contribution is 7.92. The Hall–Kier alpha value is -3.33. The number of benzene rings is 2. The summed E-state index contributed by atoms with van der Waals surface area (Å²) in [6, 6.07) is 9.41. The normalized spacial score (nSPS) is 11.5. The molecule has 0 aliphatic rings. The van der Waals surface area contributed by atoms with Crippen LogP contribution in [0.15, 0.2) is 41.3 Å². The molecule has 34 heavy (non-hydrogen) atoms. The van der Waals surface area contributed by atoms with Crippen LogP contribution in [0, 0.1) is 27.7 Å². The molecule has 0 radical (unpaired) electrons. The molecule has 1 aromatic heterocycles. The smallest absolute Gasteiger partial charge is 0.335 e. The van der Waals surface area contributed by atoms with E-state index in [9.17, 15) is 18.3 Å². The van der Waals surface area contributed by atoms with Gasteiger partial charge in [0.15, 0.2) is 0 Å². The van der Waals surface area contributed by atoms with Crippen LogP contribution in [0.3, 0.4) is 0 Å². The van der Waals surface area contributed by atoms with Crippen LogP contribution >= 0.6 is 0 Å². The summed E-state index contributed by atoms with van der Waals surface area (Å²) in [6.07, 6.45) is 1.67. The Morgan fingerprint density at radius 3 is 2.38 bits per heavy atom. The Morgan fingerprint density at radius 2 is 1.79 bits per heavy atom. The number of carbonyl (C=O) groups is 1. The van der Waals surface area contributed by atoms with Crippen molar-refractivity contribution in [3.63, 3.8) is 0 Å². The van der Waals surface area contributed by atoms with Gasteiger partial charge in [0.1, 0.15) is 0 Å². The third kappa shape index (κ3) is 5.41. The molecule has 0 spiro atoms. The number of carboxylic acids is 1. The van der Waals surface area contributed by atoms with Crippen molar-refractivity contribution in [3.05, 3.63) is 70.0 Å². The van der Waals surface area contributed by atoms with Gasteiger partial charge in [-0.15, -0.1) is 0 Å². The van der Waals surface area contributed by atoms with Crippen molar-refractivity contribution in [3.8, 4) is 0 Å². The highest BCUT2D eigenvalue weighted by Crippen LogP contribution is 2.30. The number of hydrogen-bond donors (Lipinski definition) is 2. The van der Waals surface area contributed by atoms with Crippen LogP contribution < -0.4 is 9.62 Å². The lowest BCUT2D eigenvalue weighted by Crippen LogP contribution is -2.22. The third-order valence-electron chi connectivity index (χ3n) is 6.27. The number of nitrogens with one attached hydrogen (secondary N) is 1. The lowest BCUT2D eigenvalue weighted by Gasteiger charge is -2.23. The number of carboxylic acid groups (broad SMARTS) is 1. The zero-order valence-corrected chi connectivity index (χ0v) is 21.3. The summed E-state index contributed by atoms with van der Waals surface area (Å²) < 4.78 is 30.7. The molecule has 0 unspecified atom stereocenters. The van der Waals surface area contributed by atoms with Crippen LogP contribution in [-0.2, 0) is 23.5 Å². The van der Waals surface area contributed by atoms with Crippen LogP contribution in [0.25, 0.3) is 0 Å². The fraction of sp³-hybridized carbons (Fsp3) is 0.360. The van der Waals surface area contributed by atoms with Crippen molar-refractivity contribution < 1.29 is 18.3 Å². The molecule has 2 aromatic carbocycles. The minimum Gasteiger partial charge on any atom is -0.478 e. The van der Waals surface area contributed by atoms with Gasteiger partial charge in [0.05, 0.1) is 27.5 Å². The van der Waals surface area contributed by atoms with Crippen LogP contribution in [0.4, 0.5) is 11.4 Å². The Morgan fingerprint density at radius 1 is 1.09 bits per heavy atom. The number of nitrogens with zero attached hydrogens (tertiary/aromatic N) is 3. The average molecular weight is 485 g/mol. The molecule has 1 heterocycles. The van der Waals surface area contributed by atoms with E-state index >= 15 is 0 Å². The van der Waals surface area contributed by atoms with Gasteiger partial charge in [-0.2, -0.15) is 5.10 Å². The standard InChI is InChI=1S/C25H32N4O4S/c1-16-9-11-21(14-17(16)2)34(32,33)27-23-15-20(25(30)31)10-12-24(23)28(5)13-7-8-22-18(3)26-29(6)19(22)4/h9-12,14-15,27H,7-8,13H2,1-6H3,(H,30,31). The van der Waals surface area contributed by atoms with Crippen LogP contribution in [-0.4, -0.2) is 42.9 Å². The van der Waals surface area contributed by atoms with E-state index in [1.165, 1.54) is 17.7 Å². The highest BCUT2D eigenvalue weighted by atomic mass is 32.2. The maximum atomic E-state index is 13.1. The minimum atomic E-state index is -3.90. The first-order chi connectivity index (χ1) is 15.9. The molecule has 0 saturated heterocycles. The van der Waals surface area contributed by atoms with Crippen molar-refractivity contribution in [2.24, 2.45) is 7.05 Å². The second kappa shape index (κ2) is 9.89. The summed E-state index contributed by atoms with van der Waals surface area (Å²) in [7, 11) is -0.110. The van der Waals surface area contributed by atoms with Crippen molar-refractivity contribution in [2.75, 3.05) is 23.2 Å². The summed E-state index contributed by atoms with van der Waals surface area (Å²) >= 11 is 0. The van der Waals surface area contributed by atoms with Crippen molar-refractivity contribution in [1.29, 1.82) is 0 Å². The van der Waals surface area contributed by atoms with Gasteiger partial charge in [0.2, 0.25) is 0 Å².